The number of rotatable bonds is 5. The van der Waals surface area contributed by atoms with Crippen molar-refractivity contribution in [3.8, 4) is 0 Å². The van der Waals surface area contributed by atoms with Crippen molar-refractivity contribution >= 4 is 0 Å². The minimum Gasteiger partial charge on any atom is -0.380 e. The molecule has 1 saturated heterocycles. The Morgan fingerprint density at radius 2 is 2.13 bits per heavy atom. The Labute approximate surface area is 93.0 Å². The quantitative estimate of drug-likeness (QED) is 0.748. The molecule has 1 aliphatic heterocycles. The van der Waals surface area contributed by atoms with E-state index in [2.05, 4.69) is 11.8 Å². The highest BCUT2D eigenvalue weighted by molar-refractivity contribution is 4.93. The van der Waals surface area contributed by atoms with Crippen LogP contribution in [0.2, 0.25) is 0 Å². The second-order valence-corrected chi connectivity index (χ2v) is 4.92. The first kappa shape index (κ1) is 11.4. The molecule has 1 heterocycles. The van der Waals surface area contributed by atoms with E-state index in [-0.39, 0.29) is 0 Å². The van der Waals surface area contributed by atoms with Crippen molar-refractivity contribution < 1.29 is 4.74 Å². The first-order valence-electron chi connectivity index (χ1n) is 6.42. The van der Waals surface area contributed by atoms with Crippen LogP contribution in [0.15, 0.2) is 0 Å². The van der Waals surface area contributed by atoms with Crippen molar-refractivity contribution in [1.29, 1.82) is 0 Å². The first-order valence-corrected chi connectivity index (χ1v) is 6.42. The van der Waals surface area contributed by atoms with Gasteiger partial charge < -0.3 is 10.5 Å². The maximum Gasteiger partial charge on any atom is 0.0637 e. The van der Waals surface area contributed by atoms with Crippen molar-refractivity contribution in [3.05, 3.63) is 0 Å². The lowest BCUT2D eigenvalue weighted by atomic mass is 10.0. The van der Waals surface area contributed by atoms with Crippen LogP contribution in [0.25, 0.3) is 0 Å². The van der Waals surface area contributed by atoms with Crippen LogP contribution in [0, 0.1) is 0 Å². The molecule has 1 saturated carbocycles. The molecule has 2 rings (SSSR count). The van der Waals surface area contributed by atoms with Gasteiger partial charge in [0.1, 0.15) is 0 Å². The predicted molar refractivity (Wildman–Crippen MR) is 61.8 cm³/mol. The fourth-order valence-corrected chi connectivity index (χ4v) is 2.45. The Morgan fingerprint density at radius 3 is 2.73 bits per heavy atom. The van der Waals surface area contributed by atoms with Gasteiger partial charge in [0, 0.05) is 24.7 Å². The average molecular weight is 212 g/mol. The molecule has 0 aromatic carbocycles. The van der Waals surface area contributed by atoms with Crippen LogP contribution in [-0.2, 0) is 4.74 Å². The third-order valence-electron chi connectivity index (χ3n) is 3.59. The topological polar surface area (TPSA) is 38.5 Å². The molecule has 2 N–H and O–H groups in total. The smallest absolute Gasteiger partial charge is 0.0637 e. The molecule has 1 aliphatic carbocycles. The fourth-order valence-electron chi connectivity index (χ4n) is 2.45. The lowest BCUT2D eigenvalue weighted by molar-refractivity contribution is 0.00186. The van der Waals surface area contributed by atoms with Crippen molar-refractivity contribution in [2.24, 2.45) is 5.73 Å². The lowest BCUT2D eigenvalue weighted by Crippen LogP contribution is -2.54. The highest BCUT2D eigenvalue weighted by Crippen LogP contribution is 2.30. The number of unbranched alkanes of at least 4 members (excludes halogenated alkanes) is 1. The summed E-state index contributed by atoms with van der Waals surface area (Å²) < 4.78 is 5.57. The molecule has 2 aliphatic rings. The van der Waals surface area contributed by atoms with E-state index in [9.17, 15) is 0 Å². The normalized spacial score (nSPS) is 32.2. The van der Waals surface area contributed by atoms with Gasteiger partial charge in [0.25, 0.3) is 0 Å². The molecule has 3 heteroatoms. The minimum atomic E-state index is 0.330. The molecule has 0 radical (unpaired) electrons. The second kappa shape index (κ2) is 5.28. The van der Waals surface area contributed by atoms with Crippen LogP contribution in [-0.4, -0.2) is 42.8 Å². The molecular formula is C12H24N2O. The molecule has 0 bridgehead atoms. The molecule has 2 fully saturated rings. The maximum absolute atomic E-state index is 6.20. The van der Waals surface area contributed by atoms with Gasteiger partial charge in [0.2, 0.25) is 0 Å². The second-order valence-electron chi connectivity index (χ2n) is 4.92. The van der Waals surface area contributed by atoms with Crippen LogP contribution in [0.1, 0.15) is 39.0 Å². The van der Waals surface area contributed by atoms with E-state index >= 15 is 0 Å². The Bertz CT molecular complexity index is 194. The van der Waals surface area contributed by atoms with E-state index in [0.29, 0.717) is 12.1 Å². The Hall–Kier alpha value is -0.120. The van der Waals surface area contributed by atoms with Gasteiger partial charge in [-0.2, -0.15) is 0 Å². The van der Waals surface area contributed by atoms with Gasteiger partial charge >= 0.3 is 0 Å². The fraction of sp³-hybridized carbons (Fsp3) is 1.00. The van der Waals surface area contributed by atoms with Crippen molar-refractivity contribution in [2.45, 2.75) is 57.2 Å². The first-order chi connectivity index (χ1) is 7.33. The maximum atomic E-state index is 6.20. The van der Waals surface area contributed by atoms with Gasteiger partial charge in [-0.1, -0.05) is 13.3 Å². The van der Waals surface area contributed by atoms with Crippen LogP contribution >= 0.6 is 0 Å². The SMILES string of the molecule is CCCCN(C1CC1)C1COCCC1N. The minimum absolute atomic E-state index is 0.330. The predicted octanol–water partition coefficient (Wildman–Crippen LogP) is 1.37. The van der Waals surface area contributed by atoms with Gasteiger partial charge in [0.05, 0.1) is 6.61 Å². The van der Waals surface area contributed by atoms with E-state index in [0.717, 1.165) is 25.7 Å². The molecule has 0 amide bonds. The third-order valence-corrected chi connectivity index (χ3v) is 3.59. The standard InChI is InChI=1S/C12H24N2O/c1-2-3-7-14(10-4-5-10)12-9-15-8-6-11(12)13/h10-12H,2-9,13H2,1H3. The number of hydrogen-bond acceptors (Lipinski definition) is 3. The monoisotopic (exact) mass is 212 g/mol. The van der Waals surface area contributed by atoms with Crippen molar-refractivity contribution in [1.82, 2.24) is 4.90 Å². The van der Waals surface area contributed by atoms with Crippen molar-refractivity contribution in [3.63, 3.8) is 0 Å². The molecule has 2 atom stereocenters. The van der Waals surface area contributed by atoms with Gasteiger partial charge in [0.15, 0.2) is 0 Å². The molecule has 2 unspecified atom stereocenters. The number of nitrogens with zero attached hydrogens (tertiary/aromatic N) is 1. The van der Waals surface area contributed by atoms with E-state index in [1.807, 2.05) is 0 Å². The van der Waals surface area contributed by atoms with E-state index in [1.165, 1.54) is 32.2 Å². The summed E-state index contributed by atoms with van der Waals surface area (Å²) in [5, 5.41) is 0. The zero-order valence-corrected chi connectivity index (χ0v) is 9.82. The summed E-state index contributed by atoms with van der Waals surface area (Å²) in [6, 6.07) is 1.63. The van der Waals surface area contributed by atoms with E-state index in [4.69, 9.17) is 10.5 Å². The zero-order valence-electron chi connectivity index (χ0n) is 9.82. The molecule has 0 spiro atoms. The molecule has 88 valence electrons. The third kappa shape index (κ3) is 2.92. The van der Waals surface area contributed by atoms with Gasteiger partial charge in [-0.15, -0.1) is 0 Å². The summed E-state index contributed by atoms with van der Waals surface area (Å²) in [6.07, 6.45) is 6.33. The van der Waals surface area contributed by atoms with Gasteiger partial charge in [-0.05, 0) is 32.2 Å². The number of nitrogens with two attached hydrogens (primary N) is 1. The summed E-state index contributed by atoms with van der Waals surface area (Å²) in [7, 11) is 0. The largest absolute Gasteiger partial charge is 0.380 e. The molecule has 0 aromatic rings. The van der Waals surface area contributed by atoms with Gasteiger partial charge in [-0.3, -0.25) is 4.90 Å². The molecule has 3 nitrogen and oxygen atoms in total. The Morgan fingerprint density at radius 1 is 1.33 bits per heavy atom. The van der Waals surface area contributed by atoms with E-state index < -0.39 is 0 Å². The summed E-state index contributed by atoms with van der Waals surface area (Å²) in [4.78, 5) is 2.62. The van der Waals surface area contributed by atoms with Crippen molar-refractivity contribution in [2.75, 3.05) is 19.8 Å². The molecule has 15 heavy (non-hydrogen) atoms. The number of ether oxygens (including phenoxy) is 1. The van der Waals surface area contributed by atoms with Crippen LogP contribution in [0.5, 0.6) is 0 Å². The van der Waals surface area contributed by atoms with Crippen LogP contribution in [0.4, 0.5) is 0 Å². The molecular weight excluding hydrogens is 188 g/mol. The van der Waals surface area contributed by atoms with E-state index in [1.54, 1.807) is 0 Å². The zero-order chi connectivity index (χ0) is 10.7. The molecule has 0 aromatic heterocycles. The van der Waals surface area contributed by atoms with Crippen LogP contribution in [0.3, 0.4) is 0 Å². The number of hydrogen-bond donors (Lipinski definition) is 1. The van der Waals surface area contributed by atoms with Gasteiger partial charge in [-0.25, -0.2) is 0 Å². The summed E-state index contributed by atoms with van der Waals surface area (Å²) in [5.41, 5.74) is 6.20. The highest BCUT2D eigenvalue weighted by Gasteiger charge is 2.37. The Balaban J connectivity index is 1.89. The summed E-state index contributed by atoms with van der Waals surface area (Å²) in [5.74, 6) is 0. The summed E-state index contributed by atoms with van der Waals surface area (Å²) >= 11 is 0. The average Bonchev–Trinajstić information content (AvgIpc) is 3.05. The Kier molecular flexibility index (Phi) is 4.00. The van der Waals surface area contributed by atoms with Crippen LogP contribution < -0.4 is 5.73 Å². The lowest BCUT2D eigenvalue weighted by Gasteiger charge is -2.38. The summed E-state index contributed by atoms with van der Waals surface area (Å²) in [6.45, 7) is 5.16. The highest BCUT2D eigenvalue weighted by atomic mass is 16.5.